The average molecular weight is 487 g/mol. The molecule has 184 valence electrons. The second-order valence-corrected chi connectivity index (χ2v) is 9.65. The van der Waals surface area contributed by atoms with Gasteiger partial charge in [0, 0.05) is 31.6 Å². The van der Waals surface area contributed by atoms with Gasteiger partial charge in [-0.3, -0.25) is 34.3 Å². The third-order valence-corrected chi connectivity index (χ3v) is 7.35. The van der Waals surface area contributed by atoms with E-state index >= 15 is 0 Å². The van der Waals surface area contributed by atoms with E-state index in [2.05, 4.69) is 15.1 Å². The summed E-state index contributed by atoms with van der Waals surface area (Å²) in [6.45, 7) is 9.40. The number of carbonyl (C=O) groups excluding carboxylic acids is 4. The van der Waals surface area contributed by atoms with Crippen LogP contribution in [0.2, 0.25) is 0 Å². The van der Waals surface area contributed by atoms with Crippen molar-refractivity contribution in [2.75, 3.05) is 13.1 Å². The number of rotatable bonds is 5. The monoisotopic (exact) mass is 486 g/mol. The minimum atomic E-state index is -1.13. The van der Waals surface area contributed by atoms with Crippen molar-refractivity contribution in [2.45, 2.75) is 50.4 Å². The Hall–Kier alpha value is -3.87. The van der Waals surface area contributed by atoms with Crippen LogP contribution < -0.4 is 5.32 Å². The molecule has 0 spiro atoms. The predicted octanol–water partition coefficient (Wildman–Crippen LogP) is 1.99. The highest BCUT2D eigenvalue weighted by atomic mass is 16.3. The molecule has 0 radical (unpaired) electrons. The normalized spacial score (nSPS) is 21.8. The summed E-state index contributed by atoms with van der Waals surface area (Å²) >= 11 is 0. The highest BCUT2D eigenvalue weighted by Gasteiger charge is 2.45. The first kappa shape index (κ1) is 23.9. The first-order chi connectivity index (χ1) is 17.3. The number of likely N-dealkylation sites (tertiary alicyclic amines) is 1. The fourth-order valence-electron chi connectivity index (χ4n) is 5.23. The van der Waals surface area contributed by atoms with Crippen molar-refractivity contribution in [3.63, 3.8) is 0 Å². The van der Waals surface area contributed by atoms with E-state index in [-0.39, 0.29) is 24.0 Å². The van der Waals surface area contributed by atoms with Gasteiger partial charge in [-0.15, -0.1) is 0 Å². The van der Waals surface area contributed by atoms with Gasteiger partial charge < -0.3 is 9.95 Å². The molecule has 2 aromatic carbocycles. The largest absolute Gasteiger partial charge is 0.385 e. The summed E-state index contributed by atoms with van der Waals surface area (Å²) in [5.74, 6) is -2.19. The zero-order chi connectivity index (χ0) is 25.4. The standard InChI is InChI=1S/C27H26N4O5/c1-28-15-17-2-4-18(5-3-17)16-30-12-10-27(36,11-13-30)19-6-7-20-21(14-19)26(35)31(25(20)34)22-8-9-23(32)29-24(22)33/h2-7,14,22,36H,8-13,15-16H2,(H,29,32,33). The molecule has 1 atom stereocenters. The summed E-state index contributed by atoms with van der Waals surface area (Å²) in [4.78, 5) is 56.4. The zero-order valence-corrected chi connectivity index (χ0v) is 19.7. The fraction of sp³-hybridized carbons (Fsp3) is 0.370. The zero-order valence-electron chi connectivity index (χ0n) is 19.7. The van der Waals surface area contributed by atoms with E-state index in [0.717, 1.165) is 22.6 Å². The number of amides is 4. The lowest BCUT2D eigenvalue weighted by Gasteiger charge is -2.38. The van der Waals surface area contributed by atoms with E-state index in [0.29, 0.717) is 38.0 Å². The van der Waals surface area contributed by atoms with Crippen molar-refractivity contribution >= 4 is 23.6 Å². The number of benzene rings is 2. The van der Waals surface area contributed by atoms with Crippen LogP contribution in [-0.4, -0.2) is 57.7 Å². The number of aliphatic hydroxyl groups is 1. The molecule has 0 aromatic heterocycles. The van der Waals surface area contributed by atoms with Crippen LogP contribution >= 0.6 is 0 Å². The Morgan fingerprint density at radius 3 is 2.31 bits per heavy atom. The smallest absolute Gasteiger partial charge is 0.262 e. The highest BCUT2D eigenvalue weighted by molar-refractivity contribution is 6.23. The maximum atomic E-state index is 13.1. The number of nitrogens with one attached hydrogen (secondary N) is 1. The molecule has 2 aromatic rings. The molecule has 3 heterocycles. The van der Waals surface area contributed by atoms with Crippen molar-refractivity contribution in [2.24, 2.45) is 0 Å². The van der Waals surface area contributed by atoms with Crippen LogP contribution in [0.25, 0.3) is 4.85 Å². The molecule has 0 saturated carbocycles. The molecule has 36 heavy (non-hydrogen) atoms. The minimum Gasteiger partial charge on any atom is -0.385 e. The first-order valence-electron chi connectivity index (χ1n) is 12.0. The molecular weight excluding hydrogens is 460 g/mol. The van der Waals surface area contributed by atoms with Crippen molar-refractivity contribution < 1.29 is 24.3 Å². The van der Waals surface area contributed by atoms with Gasteiger partial charge in [-0.05, 0) is 42.5 Å². The van der Waals surface area contributed by atoms with E-state index in [4.69, 9.17) is 6.57 Å². The second-order valence-electron chi connectivity index (χ2n) is 9.65. The van der Waals surface area contributed by atoms with Crippen LogP contribution in [0, 0.1) is 6.57 Å². The van der Waals surface area contributed by atoms with E-state index < -0.39 is 35.3 Å². The highest BCUT2D eigenvalue weighted by Crippen LogP contribution is 2.36. The SMILES string of the molecule is [C-]#[N+]Cc1ccc(CN2CCC(O)(c3ccc4c(c3)C(=O)N(C3CCC(=O)NC3=O)C4=O)CC2)cc1. The number of nitrogens with zero attached hydrogens (tertiary/aromatic N) is 3. The van der Waals surface area contributed by atoms with Crippen molar-refractivity contribution in [1.29, 1.82) is 0 Å². The lowest BCUT2D eigenvalue weighted by Crippen LogP contribution is -2.54. The molecule has 2 fully saturated rings. The Morgan fingerprint density at radius 1 is 0.972 bits per heavy atom. The van der Waals surface area contributed by atoms with Gasteiger partial charge in [-0.25, -0.2) is 6.57 Å². The summed E-state index contributed by atoms with van der Waals surface area (Å²) < 4.78 is 0. The summed E-state index contributed by atoms with van der Waals surface area (Å²) in [6, 6.07) is 11.8. The van der Waals surface area contributed by atoms with Gasteiger partial charge in [0.15, 0.2) is 0 Å². The molecule has 1 unspecified atom stereocenters. The molecule has 9 heteroatoms. The van der Waals surface area contributed by atoms with Gasteiger partial charge >= 0.3 is 0 Å². The maximum absolute atomic E-state index is 13.1. The third-order valence-electron chi connectivity index (χ3n) is 7.35. The van der Waals surface area contributed by atoms with Gasteiger partial charge in [-0.2, -0.15) is 0 Å². The molecule has 5 rings (SSSR count). The minimum absolute atomic E-state index is 0.0659. The second kappa shape index (κ2) is 9.30. The quantitative estimate of drug-likeness (QED) is 0.494. The molecular formula is C27H26N4O5. The Morgan fingerprint density at radius 2 is 1.64 bits per heavy atom. The van der Waals surface area contributed by atoms with E-state index in [1.165, 1.54) is 0 Å². The number of piperidine rings is 2. The first-order valence-corrected chi connectivity index (χ1v) is 12.0. The van der Waals surface area contributed by atoms with Gasteiger partial charge in [0.05, 0.1) is 16.7 Å². The predicted molar refractivity (Wildman–Crippen MR) is 128 cm³/mol. The Bertz CT molecular complexity index is 1290. The Balaban J connectivity index is 1.27. The Kier molecular flexibility index (Phi) is 6.16. The number of carbonyl (C=O) groups is 4. The molecule has 0 aliphatic carbocycles. The fourth-order valence-corrected chi connectivity index (χ4v) is 5.23. The van der Waals surface area contributed by atoms with Gasteiger partial charge in [0.25, 0.3) is 11.8 Å². The van der Waals surface area contributed by atoms with Crippen LogP contribution in [0.4, 0.5) is 0 Å². The third kappa shape index (κ3) is 4.30. The maximum Gasteiger partial charge on any atom is 0.262 e. The summed E-state index contributed by atoms with van der Waals surface area (Å²) in [5, 5.41) is 13.6. The lowest BCUT2D eigenvalue weighted by atomic mass is 9.83. The number of hydrogen-bond donors (Lipinski definition) is 2. The number of fused-ring (bicyclic) bond motifs is 1. The number of imide groups is 2. The van der Waals surface area contributed by atoms with Crippen LogP contribution in [0.3, 0.4) is 0 Å². The van der Waals surface area contributed by atoms with Crippen LogP contribution in [0.15, 0.2) is 42.5 Å². The molecule has 2 N–H and O–H groups in total. The van der Waals surface area contributed by atoms with E-state index in [1.54, 1.807) is 18.2 Å². The summed E-state index contributed by atoms with van der Waals surface area (Å²) in [7, 11) is 0. The summed E-state index contributed by atoms with van der Waals surface area (Å²) in [5.41, 5.74) is 1.97. The molecule has 9 nitrogen and oxygen atoms in total. The van der Waals surface area contributed by atoms with Crippen LogP contribution in [0.5, 0.6) is 0 Å². The molecule has 4 amide bonds. The van der Waals surface area contributed by atoms with Crippen molar-refractivity contribution in [1.82, 2.24) is 15.1 Å². The van der Waals surface area contributed by atoms with Gasteiger partial charge in [0.2, 0.25) is 18.4 Å². The van der Waals surface area contributed by atoms with Gasteiger partial charge in [0.1, 0.15) is 6.04 Å². The van der Waals surface area contributed by atoms with E-state index in [9.17, 15) is 24.3 Å². The Labute approximate surface area is 208 Å². The molecule has 3 aliphatic heterocycles. The van der Waals surface area contributed by atoms with E-state index in [1.807, 2.05) is 24.3 Å². The average Bonchev–Trinajstić information content (AvgIpc) is 3.11. The van der Waals surface area contributed by atoms with Crippen molar-refractivity contribution in [3.05, 3.63) is 81.7 Å². The molecule has 3 aliphatic rings. The number of hydrogen-bond acceptors (Lipinski definition) is 6. The topological polar surface area (TPSA) is 111 Å². The lowest BCUT2D eigenvalue weighted by molar-refractivity contribution is -0.136. The molecule has 2 saturated heterocycles. The van der Waals surface area contributed by atoms with Crippen LogP contribution in [-0.2, 0) is 28.3 Å². The van der Waals surface area contributed by atoms with Crippen LogP contribution in [0.1, 0.15) is 63.1 Å². The van der Waals surface area contributed by atoms with Gasteiger partial charge in [-0.1, -0.05) is 30.3 Å². The summed E-state index contributed by atoms with van der Waals surface area (Å²) in [6.07, 6.45) is 1.11. The van der Waals surface area contributed by atoms with Crippen molar-refractivity contribution in [3.8, 4) is 0 Å². The molecule has 0 bridgehead atoms.